The number of hydrogen-bond acceptors (Lipinski definition) is 4. The quantitative estimate of drug-likeness (QED) is 0.747. The fourth-order valence-electron chi connectivity index (χ4n) is 0.880. The lowest BCUT2D eigenvalue weighted by Gasteiger charge is -1.84. The molecule has 0 saturated carbocycles. The largest absolute Gasteiger partial charge is 0.223 e. The van der Waals surface area contributed by atoms with Crippen LogP contribution in [0.5, 0.6) is 0 Å². The maximum atomic E-state index is 8.62. The monoisotopic (exact) mass is 226 g/mol. The summed E-state index contributed by atoms with van der Waals surface area (Å²) in [5, 5.41) is 11.8. The molecule has 0 atom stereocenters. The molecule has 2 aromatic heterocycles. The highest BCUT2D eigenvalue weighted by atomic mass is 35.5. The molecule has 2 nitrogen and oxygen atoms in total. The Morgan fingerprint density at radius 2 is 2.31 bits per heavy atom. The highest BCUT2D eigenvalue weighted by Crippen LogP contribution is 2.31. The lowest BCUT2D eigenvalue weighted by molar-refractivity contribution is 1.43. The zero-order valence-electron chi connectivity index (χ0n) is 6.32. The number of thiazole rings is 1. The molecule has 0 amide bonds. The fourth-order valence-corrected chi connectivity index (χ4v) is 2.70. The molecular weight excluding hydrogens is 224 g/mol. The zero-order valence-corrected chi connectivity index (χ0v) is 8.71. The third-order valence-corrected chi connectivity index (χ3v) is 3.73. The summed E-state index contributed by atoms with van der Waals surface area (Å²) in [4.78, 5) is 5.80. The first-order chi connectivity index (χ1) is 6.29. The van der Waals surface area contributed by atoms with Crippen molar-refractivity contribution in [1.82, 2.24) is 4.98 Å². The van der Waals surface area contributed by atoms with Gasteiger partial charge in [-0.25, -0.2) is 4.98 Å². The van der Waals surface area contributed by atoms with E-state index >= 15 is 0 Å². The minimum absolute atomic E-state index is 0.506. The van der Waals surface area contributed by atoms with Crippen molar-refractivity contribution in [1.29, 1.82) is 5.26 Å². The van der Waals surface area contributed by atoms with Gasteiger partial charge in [0.05, 0.1) is 4.88 Å². The number of halogens is 1. The molecule has 0 unspecified atom stereocenters. The molecule has 0 bridgehead atoms. The van der Waals surface area contributed by atoms with Crippen molar-refractivity contribution in [2.45, 2.75) is 0 Å². The minimum Gasteiger partial charge on any atom is -0.223 e. The first-order valence-corrected chi connectivity index (χ1v) is 5.48. The molecule has 64 valence electrons. The number of nitrogens with zero attached hydrogens (tertiary/aromatic N) is 2. The molecule has 0 fully saturated rings. The van der Waals surface area contributed by atoms with Gasteiger partial charge >= 0.3 is 0 Å². The maximum absolute atomic E-state index is 8.62. The normalized spacial score (nSPS) is 9.85. The van der Waals surface area contributed by atoms with Crippen LogP contribution in [0.2, 0.25) is 5.15 Å². The Morgan fingerprint density at radius 1 is 1.46 bits per heavy atom. The van der Waals surface area contributed by atoms with Crippen molar-refractivity contribution < 1.29 is 0 Å². The highest BCUT2D eigenvalue weighted by Gasteiger charge is 2.06. The van der Waals surface area contributed by atoms with Crippen molar-refractivity contribution in [3.05, 3.63) is 27.5 Å². The summed E-state index contributed by atoms with van der Waals surface area (Å²) in [6.07, 6.45) is 0. The molecule has 0 aromatic carbocycles. The molecular formula is C8H3ClN2S2. The lowest BCUT2D eigenvalue weighted by atomic mass is 10.4. The van der Waals surface area contributed by atoms with E-state index in [9.17, 15) is 0 Å². The summed E-state index contributed by atoms with van der Waals surface area (Å²) >= 11 is 8.60. The van der Waals surface area contributed by atoms with Gasteiger partial charge < -0.3 is 0 Å². The Labute approximate surface area is 88.0 Å². The zero-order chi connectivity index (χ0) is 9.26. The van der Waals surface area contributed by atoms with Gasteiger partial charge in [-0.3, -0.25) is 0 Å². The number of hydrogen-bond donors (Lipinski definition) is 0. The van der Waals surface area contributed by atoms with Crippen LogP contribution in [0.1, 0.15) is 4.88 Å². The second-order valence-electron chi connectivity index (χ2n) is 2.25. The predicted octanol–water partition coefficient (Wildman–Crippen LogP) is 3.40. The summed E-state index contributed by atoms with van der Waals surface area (Å²) in [7, 11) is 0. The van der Waals surface area contributed by atoms with Crippen LogP contribution in [0.25, 0.3) is 9.88 Å². The minimum atomic E-state index is 0.506. The molecule has 0 spiro atoms. The Hall–Kier alpha value is -0.890. The van der Waals surface area contributed by atoms with Gasteiger partial charge in [-0.05, 0) is 12.1 Å². The summed E-state index contributed by atoms with van der Waals surface area (Å²) < 4.78 is 0. The van der Waals surface area contributed by atoms with Crippen LogP contribution in [0, 0.1) is 11.3 Å². The lowest BCUT2D eigenvalue weighted by Crippen LogP contribution is -1.66. The molecule has 0 aliphatic heterocycles. The van der Waals surface area contributed by atoms with Gasteiger partial charge in [-0.2, -0.15) is 5.26 Å². The predicted molar refractivity (Wildman–Crippen MR) is 55.2 cm³/mol. The fraction of sp³-hybridized carbons (Fsp3) is 0. The van der Waals surface area contributed by atoms with Gasteiger partial charge in [0.2, 0.25) is 0 Å². The molecule has 2 heterocycles. The highest BCUT2D eigenvalue weighted by molar-refractivity contribution is 7.21. The van der Waals surface area contributed by atoms with Crippen LogP contribution in [0.4, 0.5) is 0 Å². The Bertz CT molecular complexity index is 466. The summed E-state index contributed by atoms with van der Waals surface area (Å²) in [6, 6.07) is 5.76. The number of aromatic nitrogens is 1. The summed E-state index contributed by atoms with van der Waals surface area (Å²) in [6.45, 7) is 0. The van der Waals surface area contributed by atoms with Crippen LogP contribution < -0.4 is 0 Å². The number of thiophene rings is 1. The summed E-state index contributed by atoms with van der Waals surface area (Å²) in [5.74, 6) is 0. The first kappa shape index (κ1) is 8.70. The molecule has 5 heteroatoms. The number of nitriles is 1. The maximum Gasteiger partial charge on any atom is 0.140 e. The van der Waals surface area contributed by atoms with E-state index in [1.165, 1.54) is 22.7 Å². The van der Waals surface area contributed by atoms with Crippen LogP contribution in [0.15, 0.2) is 17.5 Å². The molecule has 0 N–H and O–H groups in total. The third kappa shape index (κ3) is 1.73. The Morgan fingerprint density at radius 3 is 2.85 bits per heavy atom. The Balaban J connectivity index is 2.42. The van der Waals surface area contributed by atoms with Gasteiger partial charge in [0.1, 0.15) is 21.1 Å². The molecule has 2 rings (SSSR count). The topological polar surface area (TPSA) is 36.7 Å². The van der Waals surface area contributed by atoms with Crippen LogP contribution >= 0.6 is 34.3 Å². The van der Waals surface area contributed by atoms with E-state index in [2.05, 4.69) is 11.1 Å². The van der Waals surface area contributed by atoms with E-state index in [1.54, 1.807) is 11.4 Å². The van der Waals surface area contributed by atoms with Gasteiger partial charge in [-0.1, -0.05) is 11.6 Å². The van der Waals surface area contributed by atoms with Crippen LogP contribution in [-0.2, 0) is 0 Å². The molecule has 0 aliphatic carbocycles. The second-order valence-corrected chi connectivity index (χ2v) is 4.58. The van der Waals surface area contributed by atoms with E-state index < -0.39 is 0 Å². The van der Waals surface area contributed by atoms with Crippen LogP contribution in [0.3, 0.4) is 0 Å². The van der Waals surface area contributed by atoms with E-state index in [0.29, 0.717) is 10.0 Å². The third-order valence-electron chi connectivity index (χ3n) is 1.40. The van der Waals surface area contributed by atoms with Gasteiger partial charge in [0.15, 0.2) is 0 Å². The van der Waals surface area contributed by atoms with Crippen molar-refractivity contribution >= 4 is 34.3 Å². The SMILES string of the molecule is N#Cc1ccc(-c2nc(Cl)cs2)s1. The molecule has 0 radical (unpaired) electrons. The standard InChI is InChI=1S/C8H3ClN2S2/c9-7-4-12-8(11-7)6-2-1-5(3-10)13-6/h1-2,4H. The Kier molecular flexibility index (Phi) is 2.32. The van der Waals surface area contributed by atoms with E-state index in [0.717, 1.165) is 9.88 Å². The summed E-state index contributed by atoms with van der Waals surface area (Å²) in [5.41, 5.74) is 0. The van der Waals surface area contributed by atoms with Crippen molar-refractivity contribution in [2.24, 2.45) is 0 Å². The van der Waals surface area contributed by atoms with E-state index in [1.807, 2.05) is 6.07 Å². The molecule has 0 saturated heterocycles. The van der Waals surface area contributed by atoms with Crippen LogP contribution in [-0.4, -0.2) is 4.98 Å². The second kappa shape index (κ2) is 3.46. The van der Waals surface area contributed by atoms with E-state index in [4.69, 9.17) is 16.9 Å². The first-order valence-electron chi connectivity index (χ1n) is 3.41. The van der Waals surface area contributed by atoms with Crippen molar-refractivity contribution in [3.8, 4) is 16.0 Å². The average Bonchev–Trinajstić information content (AvgIpc) is 2.71. The molecule has 0 aliphatic rings. The van der Waals surface area contributed by atoms with E-state index in [-0.39, 0.29) is 0 Å². The number of rotatable bonds is 1. The smallest absolute Gasteiger partial charge is 0.140 e. The van der Waals surface area contributed by atoms with Gasteiger partial charge in [0.25, 0.3) is 0 Å². The van der Waals surface area contributed by atoms with Crippen molar-refractivity contribution in [2.75, 3.05) is 0 Å². The van der Waals surface area contributed by atoms with Crippen molar-refractivity contribution in [3.63, 3.8) is 0 Å². The molecule has 2 aromatic rings. The average molecular weight is 227 g/mol. The van der Waals surface area contributed by atoms with Gasteiger partial charge in [0, 0.05) is 5.38 Å². The van der Waals surface area contributed by atoms with Gasteiger partial charge in [-0.15, -0.1) is 22.7 Å². The molecule has 13 heavy (non-hydrogen) atoms.